The summed E-state index contributed by atoms with van der Waals surface area (Å²) >= 11 is 0. The first-order chi connectivity index (χ1) is 14.5. The summed E-state index contributed by atoms with van der Waals surface area (Å²) in [5, 5.41) is 0. The molecule has 0 aliphatic carbocycles. The quantitative estimate of drug-likeness (QED) is 0.627. The van der Waals surface area contributed by atoms with E-state index >= 15 is 0 Å². The van der Waals surface area contributed by atoms with Gasteiger partial charge in [0, 0.05) is 50.4 Å². The Labute approximate surface area is 178 Å². The summed E-state index contributed by atoms with van der Waals surface area (Å²) < 4.78 is 7.43. The van der Waals surface area contributed by atoms with Crippen molar-refractivity contribution in [2.24, 2.45) is 0 Å². The Kier molecular flexibility index (Phi) is 5.77. The van der Waals surface area contributed by atoms with Crippen molar-refractivity contribution in [1.29, 1.82) is 0 Å². The number of methoxy groups -OCH3 is 1. The number of nitrogens with zero attached hydrogens (tertiary/aromatic N) is 4. The normalized spacial score (nSPS) is 17.0. The predicted octanol–water partition coefficient (Wildman–Crippen LogP) is 3.65. The average molecular weight is 407 g/mol. The van der Waals surface area contributed by atoms with Gasteiger partial charge in [-0.05, 0) is 50.1 Å². The van der Waals surface area contributed by atoms with Crippen molar-refractivity contribution in [3.05, 3.63) is 59.9 Å². The van der Waals surface area contributed by atoms with E-state index in [0.29, 0.717) is 12.6 Å². The number of hydrogen-bond donors (Lipinski definition) is 0. The van der Waals surface area contributed by atoms with Gasteiger partial charge in [0.25, 0.3) is 5.91 Å². The van der Waals surface area contributed by atoms with Crippen LogP contribution in [0.25, 0.3) is 11.0 Å². The third-order valence-electron chi connectivity index (χ3n) is 6.18. The first-order valence-electron chi connectivity index (χ1n) is 10.6. The molecule has 1 unspecified atom stereocenters. The molecule has 1 amide bonds. The second-order valence-electron chi connectivity index (χ2n) is 8.37. The van der Waals surface area contributed by atoms with Crippen molar-refractivity contribution in [2.45, 2.75) is 38.9 Å². The van der Waals surface area contributed by atoms with Gasteiger partial charge in [-0.1, -0.05) is 12.1 Å². The van der Waals surface area contributed by atoms with Crippen LogP contribution in [-0.4, -0.2) is 64.6 Å². The van der Waals surface area contributed by atoms with Crippen LogP contribution >= 0.6 is 0 Å². The van der Waals surface area contributed by atoms with Crippen LogP contribution in [0.3, 0.4) is 0 Å². The molecule has 3 aromatic rings. The van der Waals surface area contributed by atoms with E-state index in [0.717, 1.165) is 47.4 Å². The molecule has 1 aromatic heterocycles. The number of rotatable bonds is 6. The third kappa shape index (κ3) is 4.05. The first-order valence-corrected chi connectivity index (χ1v) is 10.6. The van der Waals surface area contributed by atoms with Gasteiger partial charge >= 0.3 is 0 Å². The number of likely N-dealkylation sites (N-methyl/N-ethyl adjacent to an activating group) is 1. The van der Waals surface area contributed by atoms with Gasteiger partial charge in [-0.15, -0.1) is 0 Å². The maximum Gasteiger partial charge on any atom is 0.253 e. The van der Waals surface area contributed by atoms with Crippen molar-refractivity contribution in [3.63, 3.8) is 0 Å². The van der Waals surface area contributed by atoms with Crippen LogP contribution in [0.1, 0.15) is 36.2 Å². The van der Waals surface area contributed by atoms with Crippen molar-refractivity contribution < 1.29 is 9.53 Å². The van der Waals surface area contributed by atoms with Crippen LogP contribution in [-0.2, 0) is 6.54 Å². The highest BCUT2D eigenvalue weighted by Crippen LogP contribution is 2.22. The molecular formula is C24H30N4O2. The molecule has 1 aliphatic rings. The Bertz CT molecular complexity index is 1030. The maximum absolute atomic E-state index is 13.0. The molecule has 1 aliphatic heterocycles. The van der Waals surface area contributed by atoms with Crippen LogP contribution < -0.4 is 4.74 Å². The summed E-state index contributed by atoms with van der Waals surface area (Å²) in [6.45, 7) is 7.13. The Morgan fingerprint density at radius 3 is 2.67 bits per heavy atom. The van der Waals surface area contributed by atoms with E-state index in [4.69, 9.17) is 4.74 Å². The van der Waals surface area contributed by atoms with Crippen molar-refractivity contribution in [2.75, 3.05) is 27.2 Å². The fourth-order valence-electron chi connectivity index (χ4n) is 4.16. The number of aromatic nitrogens is 2. The predicted molar refractivity (Wildman–Crippen MR) is 119 cm³/mol. The molecule has 6 nitrogen and oxygen atoms in total. The number of imidazole rings is 1. The lowest BCUT2D eigenvalue weighted by molar-refractivity contribution is 0.0732. The van der Waals surface area contributed by atoms with Crippen molar-refractivity contribution in [3.8, 4) is 5.75 Å². The highest BCUT2D eigenvalue weighted by Gasteiger charge is 2.29. The second-order valence-corrected chi connectivity index (χ2v) is 8.37. The third-order valence-corrected chi connectivity index (χ3v) is 6.18. The highest BCUT2D eigenvalue weighted by molar-refractivity contribution is 5.94. The minimum absolute atomic E-state index is 0.0926. The molecule has 0 spiro atoms. The lowest BCUT2D eigenvalue weighted by Gasteiger charge is -2.26. The number of ether oxygens (including phenoxy) is 1. The summed E-state index contributed by atoms with van der Waals surface area (Å²) in [5.74, 6) is 0.908. The summed E-state index contributed by atoms with van der Waals surface area (Å²) in [4.78, 5) is 21.8. The van der Waals surface area contributed by atoms with Gasteiger partial charge in [0.15, 0.2) is 0 Å². The zero-order valence-electron chi connectivity index (χ0n) is 18.2. The SMILES string of the molecule is COc1ccc2ncn(Cc3ccc(C(=O)N(C)C4CCN(C(C)C)C4)cc3)c2c1. The van der Waals surface area contributed by atoms with Gasteiger partial charge in [0.2, 0.25) is 0 Å². The van der Waals surface area contributed by atoms with Crippen LogP contribution in [0.4, 0.5) is 0 Å². The summed E-state index contributed by atoms with van der Waals surface area (Å²) in [7, 11) is 3.59. The fraction of sp³-hybridized carbons (Fsp3) is 0.417. The standard InChI is InChI=1S/C24H30N4O2/c1-17(2)27-12-11-20(15-27)26(3)24(29)19-7-5-18(6-8-19)14-28-16-25-22-10-9-21(30-4)13-23(22)28/h5-10,13,16-17,20H,11-12,14-15H2,1-4H3. The molecule has 2 aromatic carbocycles. The summed E-state index contributed by atoms with van der Waals surface area (Å²) in [5.41, 5.74) is 3.84. The smallest absolute Gasteiger partial charge is 0.253 e. The molecule has 158 valence electrons. The summed E-state index contributed by atoms with van der Waals surface area (Å²) in [6.07, 6.45) is 2.88. The fourth-order valence-corrected chi connectivity index (χ4v) is 4.16. The molecule has 2 heterocycles. The monoisotopic (exact) mass is 406 g/mol. The van der Waals surface area contributed by atoms with Gasteiger partial charge in [0.05, 0.1) is 24.5 Å². The average Bonchev–Trinajstić information content (AvgIpc) is 3.41. The molecule has 1 atom stereocenters. The van der Waals surface area contributed by atoms with Gasteiger partial charge in [0.1, 0.15) is 5.75 Å². The van der Waals surface area contributed by atoms with Crippen LogP contribution in [0.2, 0.25) is 0 Å². The number of fused-ring (bicyclic) bond motifs is 1. The summed E-state index contributed by atoms with van der Waals surface area (Å²) in [6, 6.07) is 14.6. The molecule has 0 radical (unpaired) electrons. The number of carbonyl (C=O) groups excluding carboxylic acids is 1. The van der Waals surface area contributed by atoms with Crippen LogP contribution in [0.15, 0.2) is 48.8 Å². The number of carbonyl (C=O) groups is 1. The Balaban J connectivity index is 1.45. The Morgan fingerprint density at radius 1 is 1.23 bits per heavy atom. The molecule has 0 N–H and O–H groups in total. The highest BCUT2D eigenvalue weighted by atomic mass is 16.5. The van der Waals surface area contributed by atoms with E-state index in [1.807, 2.05) is 60.7 Å². The zero-order valence-corrected chi connectivity index (χ0v) is 18.2. The van der Waals surface area contributed by atoms with Crippen molar-refractivity contribution in [1.82, 2.24) is 19.4 Å². The van der Waals surface area contributed by atoms with E-state index in [-0.39, 0.29) is 11.9 Å². The molecule has 0 bridgehead atoms. The van der Waals surface area contributed by atoms with E-state index < -0.39 is 0 Å². The lowest BCUT2D eigenvalue weighted by Crippen LogP contribution is -2.40. The molecule has 6 heteroatoms. The topological polar surface area (TPSA) is 50.6 Å². The Hall–Kier alpha value is -2.86. The first kappa shape index (κ1) is 20.4. The maximum atomic E-state index is 13.0. The van der Waals surface area contributed by atoms with Gasteiger partial charge in [-0.25, -0.2) is 4.98 Å². The number of benzene rings is 2. The second kappa shape index (κ2) is 8.48. The minimum Gasteiger partial charge on any atom is -0.497 e. The van der Waals surface area contributed by atoms with Crippen LogP contribution in [0, 0.1) is 0 Å². The molecule has 0 saturated carbocycles. The van der Waals surface area contributed by atoms with E-state index in [1.54, 1.807) is 7.11 Å². The van der Waals surface area contributed by atoms with E-state index in [2.05, 4.69) is 28.3 Å². The minimum atomic E-state index is 0.0926. The number of amides is 1. The van der Waals surface area contributed by atoms with E-state index in [1.165, 1.54) is 0 Å². The lowest BCUT2D eigenvalue weighted by atomic mass is 10.1. The van der Waals surface area contributed by atoms with Gasteiger partial charge in [-0.3, -0.25) is 9.69 Å². The van der Waals surface area contributed by atoms with Crippen molar-refractivity contribution >= 4 is 16.9 Å². The number of likely N-dealkylation sites (tertiary alicyclic amines) is 1. The largest absolute Gasteiger partial charge is 0.497 e. The molecular weight excluding hydrogens is 376 g/mol. The Morgan fingerprint density at radius 2 is 2.00 bits per heavy atom. The van der Waals surface area contributed by atoms with Gasteiger partial charge in [-0.2, -0.15) is 0 Å². The van der Waals surface area contributed by atoms with Crippen LogP contribution in [0.5, 0.6) is 5.75 Å². The molecule has 1 saturated heterocycles. The molecule has 4 rings (SSSR count). The van der Waals surface area contributed by atoms with E-state index in [9.17, 15) is 4.79 Å². The molecule has 1 fully saturated rings. The molecule has 30 heavy (non-hydrogen) atoms. The van der Waals surface area contributed by atoms with Gasteiger partial charge < -0.3 is 14.2 Å². The number of hydrogen-bond acceptors (Lipinski definition) is 4. The zero-order chi connectivity index (χ0) is 21.3.